The maximum Gasteiger partial charge on any atom is 0.267 e. The number of halogens is 3. The molecule has 158 valence electrons. The summed E-state index contributed by atoms with van der Waals surface area (Å²) in [6.45, 7) is 0. The lowest BCUT2D eigenvalue weighted by Gasteiger charge is -2.05. The minimum Gasteiger partial charge on any atom is -0.450 e. The highest BCUT2D eigenvalue weighted by Crippen LogP contribution is 2.40. The number of hydrogen-bond donors (Lipinski definition) is 1. The molecule has 0 unspecified atom stereocenters. The van der Waals surface area contributed by atoms with Gasteiger partial charge in [-0.15, -0.1) is 11.3 Å². The summed E-state index contributed by atoms with van der Waals surface area (Å²) >= 11 is 13.9. The van der Waals surface area contributed by atoms with Gasteiger partial charge < -0.3 is 9.73 Å². The van der Waals surface area contributed by atoms with Gasteiger partial charge >= 0.3 is 0 Å². The molecule has 3 aromatic carbocycles. The van der Waals surface area contributed by atoms with E-state index >= 15 is 0 Å². The summed E-state index contributed by atoms with van der Waals surface area (Å²) in [5.74, 6) is -1.49. The quantitative estimate of drug-likeness (QED) is 0.268. The number of benzene rings is 3. The van der Waals surface area contributed by atoms with Crippen LogP contribution in [0.1, 0.15) is 25.8 Å². The van der Waals surface area contributed by atoms with Crippen molar-refractivity contribution in [2.45, 2.75) is 0 Å². The van der Waals surface area contributed by atoms with Crippen LogP contribution in [-0.2, 0) is 0 Å². The van der Waals surface area contributed by atoms with E-state index in [4.69, 9.17) is 27.6 Å². The maximum atomic E-state index is 13.3. The zero-order chi connectivity index (χ0) is 22.4. The fraction of sp³-hybridized carbons (Fsp3) is 0. The zero-order valence-corrected chi connectivity index (χ0v) is 18.4. The van der Waals surface area contributed by atoms with E-state index in [9.17, 15) is 14.0 Å². The van der Waals surface area contributed by atoms with E-state index in [2.05, 4.69) is 5.32 Å². The van der Waals surface area contributed by atoms with Crippen LogP contribution in [0.25, 0.3) is 21.1 Å². The number of rotatable bonds is 4. The molecule has 5 rings (SSSR count). The molecule has 0 atom stereocenters. The van der Waals surface area contributed by atoms with Gasteiger partial charge in [-0.3, -0.25) is 9.59 Å². The molecule has 5 aromatic rings. The van der Waals surface area contributed by atoms with Crippen molar-refractivity contribution in [2.75, 3.05) is 5.32 Å². The lowest BCUT2D eigenvalue weighted by atomic mass is 10.1. The Morgan fingerprint density at radius 3 is 2.44 bits per heavy atom. The molecule has 0 fully saturated rings. The molecule has 1 N–H and O–H groups in total. The molecular weight excluding hydrogens is 472 g/mol. The Morgan fingerprint density at radius 2 is 1.69 bits per heavy atom. The zero-order valence-electron chi connectivity index (χ0n) is 16.1. The highest BCUT2D eigenvalue weighted by Gasteiger charge is 2.26. The normalized spacial score (nSPS) is 11.2. The van der Waals surface area contributed by atoms with Gasteiger partial charge in [0.2, 0.25) is 5.78 Å². The van der Waals surface area contributed by atoms with E-state index < -0.39 is 17.5 Å². The van der Waals surface area contributed by atoms with Gasteiger partial charge in [0.05, 0.1) is 15.7 Å². The molecule has 0 saturated heterocycles. The average molecular weight is 484 g/mol. The molecular formula is C24H12Cl2FNO3S. The summed E-state index contributed by atoms with van der Waals surface area (Å²) in [6, 6.07) is 17.4. The van der Waals surface area contributed by atoms with Crippen molar-refractivity contribution in [1.29, 1.82) is 0 Å². The second kappa shape index (κ2) is 8.06. The first-order valence-corrected chi connectivity index (χ1v) is 11.0. The van der Waals surface area contributed by atoms with Crippen molar-refractivity contribution in [3.8, 4) is 0 Å². The highest BCUT2D eigenvalue weighted by atomic mass is 35.5. The lowest BCUT2D eigenvalue weighted by molar-refractivity contribution is 0.101. The van der Waals surface area contributed by atoms with Crippen molar-refractivity contribution in [3.63, 3.8) is 0 Å². The number of furan rings is 1. The van der Waals surface area contributed by atoms with Gasteiger partial charge in [0.15, 0.2) is 5.76 Å². The Balaban J connectivity index is 1.60. The van der Waals surface area contributed by atoms with Crippen LogP contribution in [0.2, 0.25) is 10.0 Å². The number of fused-ring (bicyclic) bond motifs is 2. The number of carbonyl (C=O) groups excluding carboxylic acids is 2. The third-order valence-corrected chi connectivity index (χ3v) is 6.92. The van der Waals surface area contributed by atoms with Crippen LogP contribution in [0.3, 0.4) is 0 Å². The molecule has 0 aliphatic carbocycles. The Bertz CT molecular complexity index is 1520. The third-order valence-electron chi connectivity index (χ3n) is 4.96. The van der Waals surface area contributed by atoms with Crippen LogP contribution in [0, 0.1) is 5.82 Å². The maximum absolute atomic E-state index is 13.3. The SMILES string of the molecule is O=C(c1ccc(F)cc1)c1oc2ccccc2c1NC(=O)c1sc2cccc(Cl)c2c1Cl. The largest absolute Gasteiger partial charge is 0.450 e. The summed E-state index contributed by atoms with van der Waals surface area (Å²) < 4.78 is 19.9. The molecule has 0 bridgehead atoms. The molecule has 2 heterocycles. The fourth-order valence-electron chi connectivity index (χ4n) is 3.45. The first-order chi connectivity index (χ1) is 15.4. The van der Waals surface area contributed by atoms with E-state index in [1.54, 1.807) is 36.4 Å². The van der Waals surface area contributed by atoms with Crippen LogP contribution in [0.4, 0.5) is 10.1 Å². The van der Waals surface area contributed by atoms with Gasteiger partial charge in [-0.25, -0.2) is 4.39 Å². The van der Waals surface area contributed by atoms with E-state index in [1.807, 2.05) is 6.07 Å². The minimum atomic E-state index is -0.494. The van der Waals surface area contributed by atoms with Gasteiger partial charge in [0.1, 0.15) is 16.3 Å². The Morgan fingerprint density at radius 1 is 0.938 bits per heavy atom. The summed E-state index contributed by atoms with van der Waals surface area (Å²) in [5, 5.41) is 4.64. The van der Waals surface area contributed by atoms with Crippen molar-refractivity contribution in [3.05, 3.63) is 98.8 Å². The van der Waals surface area contributed by atoms with Gasteiger partial charge in [-0.2, -0.15) is 0 Å². The van der Waals surface area contributed by atoms with E-state index in [0.29, 0.717) is 21.4 Å². The van der Waals surface area contributed by atoms with Gasteiger partial charge in [-0.05, 0) is 48.5 Å². The van der Waals surface area contributed by atoms with Crippen molar-refractivity contribution >= 4 is 73.0 Å². The molecule has 1 amide bonds. The van der Waals surface area contributed by atoms with Crippen molar-refractivity contribution in [2.24, 2.45) is 0 Å². The number of ketones is 1. The van der Waals surface area contributed by atoms with Gasteiger partial charge in [0.25, 0.3) is 5.91 Å². The molecule has 8 heteroatoms. The molecule has 4 nitrogen and oxygen atoms in total. The monoisotopic (exact) mass is 483 g/mol. The standard InChI is InChI=1S/C24H12Cl2FNO3S/c25-15-5-3-7-17-18(15)19(26)23(32-17)24(30)28-20-14-4-1-2-6-16(14)31-22(20)21(29)12-8-10-13(27)11-9-12/h1-11H,(H,28,30). The van der Waals surface area contributed by atoms with Crippen LogP contribution in [0.15, 0.2) is 71.1 Å². The summed E-state index contributed by atoms with van der Waals surface area (Å²) in [4.78, 5) is 26.6. The predicted molar refractivity (Wildman–Crippen MR) is 126 cm³/mol. The number of para-hydroxylation sites is 1. The lowest BCUT2D eigenvalue weighted by Crippen LogP contribution is -2.13. The van der Waals surface area contributed by atoms with Crippen LogP contribution in [-0.4, -0.2) is 11.7 Å². The summed E-state index contributed by atoms with van der Waals surface area (Å²) in [6.07, 6.45) is 0. The number of hydrogen-bond acceptors (Lipinski definition) is 4. The summed E-state index contributed by atoms with van der Waals surface area (Å²) in [7, 11) is 0. The Kier molecular flexibility index (Phi) is 5.21. The first-order valence-electron chi connectivity index (χ1n) is 9.43. The van der Waals surface area contributed by atoms with Crippen molar-refractivity contribution in [1.82, 2.24) is 0 Å². The molecule has 0 spiro atoms. The van der Waals surface area contributed by atoms with Gasteiger partial charge in [-0.1, -0.05) is 41.4 Å². The second-order valence-corrected chi connectivity index (χ2v) is 8.79. The van der Waals surface area contributed by atoms with Crippen LogP contribution < -0.4 is 5.32 Å². The fourth-order valence-corrected chi connectivity index (χ4v) is 5.30. The molecule has 32 heavy (non-hydrogen) atoms. The van der Waals surface area contributed by atoms with Crippen LogP contribution in [0.5, 0.6) is 0 Å². The Hall–Kier alpha value is -3.19. The molecule has 0 saturated carbocycles. The van der Waals surface area contributed by atoms with E-state index in [1.165, 1.54) is 35.6 Å². The van der Waals surface area contributed by atoms with E-state index in [0.717, 1.165) is 4.70 Å². The molecule has 0 aliphatic heterocycles. The average Bonchev–Trinajstić information content (AvgIpc) is 3.33. The Labute approximate surface area is 195 Å². The molecule has 0 aliphatic rings. The van der Waals surface area contributed by atoms with Gasteiger partial charge in [0, 0.05) is 21.0 Å². The number of anilines is 1. The third kappa shape index (κ3) is 3.46. The minimum absolute atomic E-state index is 0.0542. The summed E-state index contributed by atoms with van der Waals surface area (Å²) in [5.41, 5.74) is 0.880. The second-order valence-electron chi connectivity index (χ2n) is 6.95. The number of thiophene rings is 1. The first kappa shape index (κ1) is 20.7. The van der Waals surface area contributed by atoms with Crippen LogP contribution >= 0.6 is 34.5 Å². The smallest absolute Gasteiger partial charge is 0.267 e. The number of amides is 1. The van der Waals surface area contributed by atoms with E-state index in [-0.39, 0.29) is 26.9 Å². The topological polar surface area (TPSA) is 59.3 Å². The number of carbonyl (C=O) groups is 2. The van der Waals surface area contributed by atoms with Crippen molar-refractivity contribution < 1.29 is 18.4 Å². The molecule has 0 radical (unpaired) electrons. The predicted octanol–water partition coefficient (Wildman–Crippen LogP) is 7.58. The highest BCUT2D eigenvalue weighted by molar-refractivity contribution is 7.21. The number of nitrogens with one attached hydrogen (secondary N) is 1. The molecule has 2 aromatic heterocycles.